The second-order valence-electron chi connectivity index (χ2n) is 3.50. The van der Waals surface area contributed by atoms with Crippen LogP contribution in [0.1, 0.15) is 5.69 Å². The van der Waals surface area contributed by atoms with Gasteiger partial charge in [-0.25, -0.2) is 4.98 Å². The Morgan fingerprint density at radius 1 is 1.06 bits per heavy atom. The highest BCUT2D eigenvalue weighted by molar-refractivity contribution is 5.85. The molecule has 90 valence electrons. The SMILES string of the molecule is Cc1cc(Nc2ccc(N)cc2)nc(N)n1.Cl. The van der Waals surface area contributed by atoms with Crippen LogP contribution in [0.3, 0.4) is 0 Å². The lowest BCUT2D eigenvalue weighted by Gasteiger charge is -2.06. The van der Waals surface area contributed by atoms with E-state index >= 15 is 0 Å². The Morgan fingerprint density at radius 2 is 1.71 bits per heavy atom. The van der Waals surface area contributed by atoms with E-state index in [0.29, 0.717) is 5.82 Å². The molecule has 1 aromatic carbocycles. The molecule has 17 heavy (non-hydrogen) atoms. The molecule has 5 nitrogen and oxygen atoms in total. The Labute approximate surface area is 106 Å². The number of benzene rings is 1. The summed E-state index contributed by atoms with van der Waals surface area (Å²) in [5.74, 6) is 0.938. The Morgan fingerprint density at radius 3 is 2.29 bits per heavy atom. The maximum atomic E-state index is 5.59. The van der Waals surface area contributed by atoms with Gasteiger partial charge in [-0.05, 0) is 31.2 Å². The zero-order chi connectivity index (χ0) is 11.5. The topological polar surface area (TPSA) is 89.8 Å². The average Bonchev–Trinajstić information content (AvgIpc) is 2.20. The summed E-state index contributed by atoms with van der Waals surface area (Å²) in [6.45, 7) is 1.87. The van der Waals surface area contributed by atoms with E-state index in [1.54, 1.807) is 0 Å². The Kier molecular flexibility index (Phi) is 4.12. The van der Waals surface area contributed by atoms with Gasteiger partial charge in [0.25, 0.3) is 0 Å². The van der Waals surface area contributed by atoms with Crippen molar-refractivity contribution in [2.75, 3.05) is 16.8 Å². The maximum absolute atomic E-state index is 5.59. The first-order valence-electron chi connectivity index (χ1n) is 4.87. The molecule has 0 amide bonds. The van der Waals surface area contributed by atoms with Gasteiger partial charge in [-0.1, -0.05) is 0 Å². The van der Waals surface area contributed by atoms with Crippen LogP contribution in [0.4, 0.5) is 23.1 Å². The molecule has 0 fully saturated rings. The van der Waals surface area contributed by atoms with Gasteiger partial charge in [0, 0.05) is 23.1 Å². The first-order chi connectivity index (χ1) is 7.63. The molecule has 2 aromatic rings. The van der Waals surface area contributed by atoms with Crippen molar-refractivity contribution in [3.05, 3.63) is 36.0 Å². The molecule has 0 aliphatic carbocycles. The van der Waals surface area contributed by atoms with Crippen LogP contribution in [-0.4, -0.2) is 9.97 Å². The van der Waals surface area contributed by atoms with Crippen molar-refractivity contribution in [3.63, 3.8) is 0 Å². The van der Waals surface area contributed by atoms with E-state index in [4.69, 9.17) is 11.5 Å². The highest BCUT2D eigenvalue weighted by atomic mass is 35.5. The maximum Gasteiger partial charge on any atom is 0.222 e. The van der Waals surface area contributed by atoms with Gasteiger partial charge in [0.1, 0.15) is 5.82 Å². The molecule has 0 radical (unpaired) electrons. The molecule has 0 aliphatic heterocycles. The van der Waals surface area contributed by atoms with E-state index in [-0.39, 0.29) is 18.4 Å². The van der Waals surface area contributed by atoms with E-state index < -0.39 is 0 Å². The van der Waals surface area contributed by atoms with Crippen LogP contribution in [0.5, 0.6) is 0 Å². The summed E-state index contributed by atoms with van der Waals surface area (Å²) in [4.78, 5) is 8.07. The quantitative estimate of drug-likeness (QED) is 0.712. The van der Waals surface area contributed by atoms with Gasteiger partial charge in [0.05, 0.1) is 0 Å². The van der Waals surface area contributed by atoms with Crippen molar-refractivity contribution in [3.8, 4) is 0 Å². The Hall–Kier alpha value is -2.01. The third-order valence-electron chi connectivity index (χ3n) is 2.05. The monoisotopic (exact) mass is 251 g/mol. The molecule has 0 saturated heterocycles. The lowest BCUT2D eigenvalue weighted by molar-refractivity contribution is 1.12. The summed E-state index contributed by atoms with van der Waals surface area (Å²) in [6, 6.07) is 9.22. The molecule has 0 atom stereocenters. The molecular weight excluding hydrogens is 238 g/mol. The number of hydrogen-bond acceptors (Lipinski definition) is 5. The summed E-state index contributed by atoms with van der Waals surface area (Å²) < 4.78 is 0. The Balaban J connectivity index is 0.00000144. The molecule has 0 aliphatic rings. The molecule has 0 spiro atoms. The van der Waals surface area contributed by atoms with Crippen molar-refractivity contribution >= 4 is 35.5 Å². The molecule has 1 heterocycles. The standard InChI is InChI=1S/C11H13N5.ClH/c1-7-6-10(16-11(13)14-7)15-9-4-2-8(12)3-5-9;/h2-6H,12H2,1H3,(H3,13,14,15,16);1H. The second kappa shape index (κ2) is 5.36. The van der Waals surface area contributed by atoms with Gasteiger partial charge >= 0.3 is 0 Å². The highest BCUT2D eigenvalue weighted by Gasteiger charge is 1.99. The van der Waals surface area contributed by atoms with Gasteiger partial charge in [-0.3, -0.25) is 0 Å². The number of anilines is 4. The molecule has 2 rings (SSSR count). The predicted molar refractivity (Wildman–Crippen MR) is 72.6 cm³/mol. The van der Waals surface area contributed by atoms with E-state index in [0.717, 1.165) is 17.1 Å². The minimum absolute atomic E-state index is 0. The molecule has 0 saturated carbocycles. The number of halogens is 1. The van der Waals surface area contributed by atoms with Gasteiger partial charge in [0.2, 0.25) is 5.95 Å². The normalized spacial score (nSPS) is 9.47. The lowest BCUT2D eigenvalue weighted by Crippen LogP contribution is -2.01. The smallest absolute Gasteiger partial charge is 0.222 e. The lowest BCUT2D eigenvalue weighted by atomic mass is 10.3. The number of nitrogens with zero attached hydrogens (tertiary/aromatic N) is 2. The molecular formula is C11H14ClN5. The van der Waals surface area contributed by atoms with E-state index in [1.807, 2.05) is 37.3 Å². The van der Waals surface area contributed by atoms with Gasteiger partial charge in [0.15, 0.2) is 0 Å². The average molecular weight is 252 g/mol. The van der Waals surface area contributed by atoms with Gasteiger partial charge in [-0.2, -0.15) is 4.98 Å². The number of nitrogens with one attached hydrogen (secondary N) is 1. The van der Waals surface area contributed by atoms with Crippen LogP contribution in [0.15, 0.2) is 30.3 Å². The first kappa shape index (κ1) is 13.1. The van der Waals surface area contributed by atoms with Crippen LogP contribution in [-0.2, 0) is 0 Å². The zero-order valence-corrected chi connectivity index (χ0v) is 10.2. The van der Waals surface area contributed by atoms with Crippen LogP contribution in [0, 0.1) is 6.92 Å². The van der Waals surface area contributed by atoms with Crippen LogP contribution in [0.25, 0.3) is 0 Å². The largest absolute Gasteiger partial charge is 0.399 e. The fourth-order valence-corrected chi connectivity index (χ4v) is 1.37. The molecule has 0 bridgehead atoms. The number of nitrogens with two attached hydrogens (primary N) is 2. The number of aryl methyl sites for hydroxylation is 1. The van der Waals surface area contributed by atoms with Crippen LogP contribution >= 0.6 is 12.4 Å². The van der Waals surface area contributed by atoms with Crippen molar-refractivity contribution in [1.29, 1.82) is 0 Å². The third-order valence-corrected chi connectivity index (χ3v) is 2.05. The van der Waals surface area contributed by atoms with Crippen molar-refractivity contribution in [2.24, 2.45) is 0 Å². The number of hydrogen-bond donors (Lipinski definition) is 3. The van der Waals surface area contributed by atoms with Gasteiger partial charge in [-0.15, -0.1) is 12.4 Å². The first-order valence-corrected chi connectivity index (χ1v) is 4.87. The summed E-state index contributed by atoms with van der Waals surface area (Å²) in [6.07, 6.45) is 0. The van der Waals surface area contributed by atoms with Crippen molar-refractivity contribution in [1.82, 2.24) is 9.97 Å². The molecule has 1 aromatic heterocycles. The Bertz CT molecular complexity index is 477. The molecule has 5 N–H and O–H groups in total. The summed E-state index contributed by atoms with van der Waals surface area (Å²) in [5.41, 5.74) is 13.6. The van der Waals surface area contributed by atoms with Crippen molar-refractivity contribution < 1.29 is 0 Å². The minimum atomic E-state index is 0. The summed E-state index contributed by atoms with van der Waals surface area (Å²) in [7, 11) is 0. The number of rotatable bonds is 2. The molecule has 0 unspecified atom stereocenters. The van der Waals surface area contributed by atoms with E-state index in [1.165, 1.54) is 0 Å². The van der Waals surface area contributed by atoms with Gasteiger partial charge < -0.3 is 16.8 Å². The van der Waals surface area contributed by atoms with Crippen LogP contribution in [0.2, 0.25) is 0 Å². The van der Waals surface area contributed by atoms with E-state index in [2.05, 4.69) is 15.3 Å². The highest BCUT2D eigenvalue weighted by Crippen LogP contribution is 2.16. The van der Waals surface area contributed by atoms with Crippen molar-refractivity contribution in [2.45, 2.75) is 6.92 Å². The molecule has 6 heteroatoms. The zero-order valence-electron chi connectivity index (χ0n) is 9.34. The number of aromatic nitrogens is 2. The van der Waals surface area contributed by atoms with Crippen LogP contribution < -0.4 is 16.8 Å². The minimum Gasteiger partial charge on any atom is -0.399 e. The summed E-state index contributed by atoms with van der Waals surface area (Å²) >= 11 is 0. The van der Waals surface area contributed by atoms with E-state index in [9.17, 15) is 0 Å². The second-order valence-corrected chi connectivity index (χ2v) is 3.50. The fourth-order valence-electron chi connectivity index (χ4n) is 1.37. The number of nitrogen functional groups attached to an aromatic ring is 2. The third kappa shape index (κ3) is 3.49. The summed E-state index contributed by atoms with van der Waals surface area (Å²) in [5, 5.41) is 3.13. The predicted octanol–water partition coefficient (Wildman–Crippen LogP) is 2.11. The fraction of sp³-hybridized carbons (Fsp3) is 0.0909.